The summed E-state index contributed by atoms with van der Waals surface area (Å²) in [6, 6.07) is 17.5. The third kappa shape index (κ3) is 3.37. The fourth-order valence-corrected chi connectivity index (χ4v) is 3.11. The van der Waals surface area contributed by atoms with Gasteiger partial charge in [-0.05, 0) is 30.5 Å². The number of hydrogen-bond acceptors (Lipinski definition) is 4. The number of benzene rings is 2. The Morgan fingerprint density at radius 3 is 2.50 bits per heavy atom. The first kappa shape index (κ1) is 14.8. The van der Waals surface area contributed by atoms with E-state index in [4.69, 9.17) is 0 Å². The quantitative estimate of drug-likeness (QED) is 0.701. The molecule has 3 nitrogen and oxygen atoms in total. The number of carbonyl (C=O) groups excluding carboxylic acids is 1. The summed E-state index contributed by atoms with van der Waals surface area (Å²) in [6.07, 6.45) is 2.01. The van der Waals surface area contributed by atoms with E-state index in [1.807, 2.05) is 66.2 Å². The zero-order chi connectivity index (χ0) is 15.4. The van der Waals surface area contributed by atoms with E-state index in [1.54, 1.807) is 11.8 Å². The lowest BCUT2D eigenvalue weighted by Gasteiger charge is -2.02. The number of amides is 1. The molecule has 0 spiro atoms. The summed E-state index contributed by atoms with van der Waals surface area (Å²) >= 11 is 3.08. The van der Waals surface area contributed by atoms with Gasteiger partial charge < -0.3 is 0 Å². The molecule has 0 radical (unpaired) electrons. The molecule has 0 saturated carbocycles. The number of thioether (sulfide) groups is 1. The SMILES string of the molecule is CSc1ccc(C(=O)Nc2nc(-c3ccccc3)cs2)cc1. The van der Waals surface area contributed by atoms with Crippen LogP contribution in [0.1, 0.15) is 10.4 Å². The van der Waals surface area contributed by atoms with Crippen LogP contribution in [-0.2, 0) is 0 Å². The van der Waals surface area contributed by atoms with Crippen LogP contribution in [0.3, 0.4) is 0 Å². The Morgan fingerprint density at radius 2 is 1.82 bits per heavy atom. The molecule has 2 aromatic carbocycles. The molecule has 3 rings (SSSR count). The summed E-state index contributed by atoms with van der Waals surface area (Å²) in [5.41, 5.74) is 2.55. The molecule has 0 aliphatic rings. The minimum atomic E-state index is -0.137. The molecule has 1 N–H and O–H groups in total. The molecule has 110 valence electrons. The average molecular weight is 326 g/mol. The van der Waals surface area contributed by atoms with E-state index >= 15 is 0 Å². The highest BCUT2D eigenvalue weighted by Gasteiger charge is 2.09. The first-order chi connectivity index (χ1) is 10.8. The van der Waals surface area contributed by atoms with Gasteiger partial charge in [-0.15, -0.1) is 23.1 Å². The lowest BCUT2D eigenvalue weighted by Crippen LogP contribution is -2.11. The number of hydrogen-bond donors (Lipinski definition) is 1. The molecule has 1 amide bonds. The predicted octanol–water partition coefficient (Wildman–Crippen LogP) is 4.78. The van der Waals surface area contributed by atoms with E-state index in [0.717, 1.165) is 16.2 Å². The summed E-state index contributed by atoms with van der Waals surface area (Å²) < 4.78 is 0. The molecule has 22 heavy (non-hydrogen) atoms. The monoisotopic (exact) mass is 326 g/mol. The van der Waals surface area contributed by atoms with E-state index in [2.05, 4.69) is 10.3 Å². The van der Waals surface area contributed by atoms with Gasteiger partial charge in [0.05, 0.1) is 5.69 Å². The Morgan fingerprint density at radius 1 is 1.09 bits per heavy atom. The number of nitrogens with one attached hydrogen (secondary N) is 1. The molecular formula is C17H14N2OS2. The Kier molecular flexibility index (Phi) is 4.56. The van der Waals surface area contributed by atoms with Crippen LogP contribution in [0.5, 0.6) is 0 Å². The Hall–Kier alpha value is -2.11. The van der Waals surface area contributed by atoms with Crippen molar-refractivity contribution in [1.29, 1.82) is 0 Å². The third-order valence-corrected chi connectivity index (χ3v) is 4.65. The summed E-state index contributed by atoms with van der Waals surface area (Å²) in [6.45, 7) is 0. The largest absolute Gasteiger partial charge is 0.298 e. The maximum atomic E-state index is 12.2. The smallest absolute Gasteiger partial charge is 0.257 e. The van der Waals surface area contributed by atoms with Crippen molar-refractivity contribution in [2.24, 2.45) is 0 Å². The molecular weight excluding hydrogens is 312 g/mol. The number of carbonyl (C=O) groups is 1. The van der Waals surface area contributed by atoms with E-state index in [0.29, 0.717) is 10.7 Å². The molecule has 0 atom stereocenters. The van der Waals surface area contributed by atoms with Crippen molar-refractivity contribution in [3.63, 3.8) is 0 Å². The topological polar surface area (TPSA) is 42.0 Å². The van der Waals surface area contributed by atoms with Crippen molar-refractivity contribution < 1.29 is 4.79 Å². The molecule has 0 saturated heterocycles. The van der Waals surface area contributed by atoms with Gasteiger partial charge in [0.1, 0.15) is 0 Å². The van der Waals surface area contributed by atoms with Gasteiger partial charge in [0.25, 0.3) is 5.91 Å². The molecule has 3 aromatic rings. The van der Waals surface area contributed by atoms with Crippen LogP contribution in [0.25, 0.3) is 11.3 Å². The van der Waals surface area contributed by atoms with Crippen LogP contribution in [0.4, 0.5) is 5.13 Å². The highest BCUT2D eigenvalue weighted by Crippen LogP contribution is 2.25. The van der Waals surface area contributed by atoms with E-state index in [1.165, 1.54) is 11.3 Å². The standard InChI is InChI=1S/C17H14N2OS2/c1-21-14-9-7-13(8-10-14)16(20)19-17-18-15(11-22-17)12-5-3-2-4-6-12/h2-11H,1H3,(H,18,19,20). The predicted molar refractivity (Wildman–Crippen MR) is 93.7 cm³/mol. The van der Waals surface area contributed by atoms with Gasteiger partial charge in [-0.25, -0.2) is 4.98 Å². The molecule has 0 aliphatic carbocycles. The second-order valence-corrected chi connectivity index (χ2v) is 6.32. The van der Waals surface area contributed by atoms with Crippen molar-refractivity contribution in [2.75, 3.05) is 11.6 Å². The molecule has 0 bridgehead atoms. The van der Waals surface area contributed by atoms with Crippen molar-refractivity contribution in [2.45, 2.75) is 4.90 Å². The summed E-state index contributed by atoms with van der Waals surface area (Å²) in [4.78, 5) is 17.8. The number of thiazole rings is 1. The van der Waals surface area contributed by atoms with Gasteiger partial charge in [-0.2, -0.15) is 0 Å². The van der Waals surface area contributed by atoms with Gasteiger partial charge in [0.15, 0.2) is 5.13 Å². The molecule has 1 aromatic heterocycles. The van der Waals surface area contributed by atoms with Gasteiger partial charge in [-0.1, -0.05) is 30.3 Å². The third-order valence-electron chi connectivity index (χ3n) is 3.15. The zero-order valence-electron chi connectivity index (χ0n) is 11.9. The zero-order valence-corrected chi connectivity index (χ0v) is 13.6. The molecule has 0 fully saturated rings. The lowest BCUT2D eigenvalue weighted by atomic mass is 10.2. The second kappa shape index (κ2) is 6.77. The number of aromatic nitrogens is 1. The van der Waals surface area contributed by atoms with Crippen LogP contribution in [0.15, 0.2) is 64.9 Å². The minimum absolute atomic E-state index is 0.137. The highest BCUT2D eigenvalue weighted by molar-refractivity contribution is 7.98. The Bertz CT molecular complexity index is 767. The highest BCUT2D eigenvalue weighted by atomic mass is 32.2. The first-order valence-corrected chi connectivity index (χ1v) is 8.83. The van der Waals surface area contributed by atoms with Crippen LogP contribution in [-0.4, -0.2) is 17.1 Å². The van der Waals surface area contributed by atoms with Gasteiger partial charge in [0.2, 0.25) is 0 Å². The lowest BCUT2D eigenvalue weighted by molar-refractivity contribution is 0.102. The van der Waals surface area contributed by atoms with Crippen LogP contribution in [0, 0.1) is 0 Å². The molecule has 1 heterocycles. The number of rotatable bonds is 4. The van der Waals surface area contributed by atoms with Crippen molar-refractivity contribution in [3.05, 3.63) is 65.5 Å². The minimum Gasteiger partial charge on any atom is -0.298 e. The molecule has 0 unspecified atom stereocenters. The van der Waals surface area contributed by atoms with Crippen LogP contribution in [0.2, 0.25) is 0 Å². The van der Waals surface area contributed by atoms with Gasteiger partial charge in [-0.3, -0.25) is 10.1 Å². The average Bonchev–Trinajstić information content (AvgIpc) is 3.04. The van der Waals surface area contributed by atoms with Gasteiger partial charge in [0, 0.05) is 21.4 Å². The summed E-state index contributed by atoms with van der Waals surface area (Å²) in [7, 11) is 0. The number of anilines is 1. The van der Waals surface area contributed by atoms with Crippen LogP contribution < -0.4 is 5.32 Å². The van der Waals surface area contributed by atoms with E-state index in [-0.39, 0.29) is 5.91 Å². The Balaban J connectivity index is 1.73. The number of nitrogens with zero attached hydrogens (tertiary/aromatic N) is 1. The fourth-order valence-electron chi connectivity index (χ4n) is 1.98. The molecule has 0 aliphatic heterocycles. The summed E-state index contributed by atoms with van der Waals surface area (Å²) in [5.74, 6) is -0.137. The molecule has 5 heteroatoms. The summed E-state index contributed by atoms with van der Waals surface area (Å²) in [5, 5.41) is 5.40. The van der Waals surface area contributed by atoms with Crippen LogP contribution >= 0.6 is 23.1 Å². The van der Waals surface area contributed by atoms with Crippen molar-refractivity contribution >= 4 is 34.1 Å². The first-order valence-electron chi connectivity index (χ1n) is 6.72. The van der Waals surface area contributed by atoms with Crippen molar-refractivity contribution in [1.82, 2.24) is 4.98 Å². The Labute approximate surface area is 137 Å². The fraction of sp³-hybridized carbons (Fsp3) is 0.0588. The van der Waals surface area contributed by atoms with Crippen molar-refractivity contribution in [3.8, 4) is 11.3 Å². The normalized spacial score (nSPS) is 10.4. The maximum absolute atomic E-state index is 12.2. The second-order valence-electron chi connectivity index (χ2n) is 4.59. The van der Waals surface area contributed by atoms with E-state index in [9.17, 15) is 4.79 Å². The maximum Gasteiger partial charge on any atom is 0.257 e. The van der Waals surface area contributed by atoms with Gasteiger partial charge >= 0.3 is 0 Å². The van der Waals surface area contributed by atoms with E-state index < -0.39 is 0 Å².